The average Bonchev–Trinajstić information content (AvgIpc) is 3.11. The largest absolute Gasteiger partial charge is 0.486 e. The van der Waals surface area contributed by atoms with Crippen LogP contribution in [0.15, 0.2) is 35.2 Å². The summed E-state index contributed by atoms with van der Waals surface area (Å²) in [5.74, 6) is 0.258. The molecule has 2 N–H and O–H groups in total. The molecule has 0 aliphatic heterocycles. The number of hydrogen-bond acceptors (Lipinski definition) is 5. The topological polar surface area (TPSA) is 71.5 Å². The number of hydrogen-bond donors (Lipinski definition) is 2. The van der Waals surface area contributed by atoms with Crippen molar-refractivity contribution in [2.45, 2.75) is 38.9 Å². The van der Waals surface area contributed by atoms with Crippen LogP contribution in [0.1, 0.15) is 42.7 Å². The first-order valence-corrected chi connectivity index (χ1v) is 8.61. The molecule has 0 aliphatic rings. The van der Waals surface area contributed by atoms with E-state index in [1.807, 2.05) is 25.3 Å². The van der Waals surface area contributed by atoms with E-state index < -0.39 is 5.60 Å². The number of carbonyl (C=O) groups excluding carboxylic acids is 1. The van der Waals surface area contributed by atoms with Crippen LogP contribution in [0.5, 0.6) is 5.75 Å². The van der Waals surface area contributed by atoms with Crippen LogP contribution in [0.2, 0.25) is 0 Å². The van der Waals surface area contributed by atoms with Crippen LogP contribution >= 0.6 is 11.3 Å². The van der Waals surface area contributed by atoms with E-state index in [1.54, 1.807) is 23.7 Å². The van der Waals surface area contributed by atoms with Gasteiger partial charge in [0.1, 0.15) is 12.4 Å². The molecule has 0 bridgehead atoms. The minimum atomic E-state index is -0.869. The summed E-state index contributed by atoms with van der Waals surface area (Å²) >= 11 is 1.50. The first-order valence-electron chi connectivity index (χ1n) is 7.67. The van der Waals surface area contributed by atoms with E-state index in [0.717, 1.165) is 5.69 Å². The van der Waals surface area contributed by atoms with Crippen molar-refractivity contribution in [3.63, 3.8) is 0 Å². The number of aromatic nitrogens is 1. The molecule has 1 aromatic carbocycles. The van der Waals surface area contributed by atoms with E-state index >= 15 is 0 Å². The van der Waals surface area contributed by atoms with Gasteiger partial charge < -0.3 is 15.2 Å². The molecule has 0 radical (unpaired) electrons. The molecule has 5 nitrogen and oxygen atoms in total. The molecule has 0 fully saturated rings. The molecule has 0 atom stereocenters. The number of aliphatic hydroxyl groups is 1. The van der Waals surface area contributed by atoms with Crippen molar-refractivity contribution < 1.29 is 14.6 Å². The van der Waals surface area contributed by atoms with Crippen LogP contribution in [-0.2, 0) is 6.61 Å². The summed E-state index contributed by atoms with van der Waals surface area (Å²) in [5, 5.41) is 15.0. The third-order valence-electron chi connectivity index (χ3n) is 3.88. The monoisotopic (exact) mass is 334 g/mol. The Morgan fingerprint density at radius 1 is 1.35 bits per heavy atom. The fourth-order valence-electron chi connectivity index (χ4n) is 2.08. The second-order valence-corrected chi connectivity index (χ2v) is 6.10. The molecule has 2 aromatic rings. The summed E-state index contributed by atoms with van der Waals surface area (Å²) in [7, 11) is 0. The Hall–Kier alpha value is -1.92. The van der Waals surface area contributed by atoms with E-state index in [9.17, 15) is 9.90 Å². The van der Waals surface area contributed by atoms with Crippen molar-refractivity contribution in [2.24, 2.45) is 0 Å². The van der Waals surface area contributed by atoms with Crippen molar-refractivity contribution in [2.75, 3.05) is 6.54 Å². The second kappa shape index (κ2) is 8.08. The van der Waals surface area contributed by atoms with Crippen LogP contribution in [0, 0.1) is 0 Å². The zero-order valence-electron chi connectivity index (χ0n) is 13.4. The minimum Gasteiger partial charge on any atom is -0.486 e. The van der Waals surface area contributed by atoms with Gasteiger partial charge in [0.25, 0.3) is 5.91 Å². The lowest BCUT2D eigenvalue weighted by atomic mass is 9.97. The van der Waals surface area contributed by atoms with E-state index in [0.29, 0.717) is 30.8 Å². The Morgan fingerprint density at radius 2 is 2.09 bits per heavy atom. The number of rotatable bonds is 8. The third kappa shape index (κ3) is 4.77. The fourth-order valence-corrected chi connectivity index (χ4v) is 2.62. The van der Waals surface area contributed by atoms with Gasteiger partial charge in [-0.3, -0.25) is 4.79 Å². The van der Waals surface area contributed by atoms with Crippen molar-refractivity contribution in [1.82, 2.24) is 10.3 Å². The number of nitrogens with one attached hydrogen (secondary N) is 1. The number of nitrogens with zero attached hydrogens (tertiary/aromatic N) is 1. The van der Waals surface area contributed by atoms with E-state index in [-0.39, 0.29) is 12.5 Å². The summed E-state index contributed by atoms with van der Waals surface area (Å²) in [6.07, 6.45) is 1.18. The summed E-state index contributed by atoms with van der Waals surface area (Å²) in [4.78, 5) is 16.5. The molecular weight excluding hydrogens is 312 g/mol. The van der Waals surface area contributed by atoms with Gasteiger partial charge >= 0.3 is 0 Å². The van der Waals surface area contributed by atoms with Crippen molar-refractivity contribution >= 4 is 17.2 Å². The molecule has 124 valence electrons. The number of ether oxygens (including phenoxy) is 1. The highest BCUT2D eigenvalue weighted by molar-refractivity contribution is 7.07. The highest BCUT2D eigenvalue weighted by Gasteiger charge is 2.23. The summed E-state index contributed by atoms with van der Waals surface area (Å²) in [6.45, 7) is 4.35. The Morgan fingerprint density at radius 3 is 2.74 bits per heavy atom. The molecule has 0 saturated carbocycles. The number of para-hydroxylation sites is 1. The first-order chi connectivity index (χ1) is 11.1. The molecule has 0 saturated heterocycles. The molecule has 1 amide bonds. The van der Waals surface area contributed by atoms with Crippen LogP contribution in [0.4, 0.5) is 0 Å². The van der Waals surface area contributed by atoms with Gasteiger partial charge in [-0.15, -0.1) is 11.3 Å². The van der Waals surface area contributed by atoms with E-state index in [4.69, 9.17) is 4.74 Å². The van der Waals surface area contributed by atoms with E-state index in [2.05, 4.69) is 10.3 Å². The fraction of sp³-hybridized carbons (Fsp3) is 0.412. The molecular formula is C17H22N2O3S. The van der Waals surface area contributed by atoms with Gasteiger partial charge in [0, 0.05) is 11.9 Å². The second-order valence-electron chi connectivity index (χ2n) is 5.38. The molecule has 6 heteroatoms. The highest BCUT2D eigenvalue weighted by atomic mass is 32.1. The molecule has 23 heavy (non-hydrogen) atoms. The summed E-state index contributed by atoms with van der Waals surface area (Å²) in [6, 6.07) is 7.08. The van der Waals surface area contributed by atoms with Crippen LogP contribution in [0.25, 0.3) is 0 Å². The molecule has 2 rings (SSSR count). The van der Waals surface area contributed by atoms with Gasteiger partial charge in [-0.2, -0.15) is 0 Å². The van der Waals surface area contributed by atoms with Crippen LogP contribution in [0.3, 0.4) is 0 Å². The number of thiazole rings is 1. The zero-order chi connectivity index (χ0) is 16.7. The lowest BCUT2D eigenvalue weighted by Crippen LogP contribution is -2.42. The third-order valence-corrected chi connectivity index (χ3v) is 4.52. The molecule has 1 aromatic heterocycles. The standard InChI is InChI=1S/C17H22N2O3S/c1-3-17(21,4-2)11-18-16(20)14-7-5-6-8-15(14)22-9-13-10-23-12-19-13/h5-8,10,12,21H,3-4,9,11H2,1-2H3,(H,18,20). The van der Waals surface area contributed by atoms with Gasteiger partial charge in [0.05, 0.1) is 22.4 Å². The van der Waals surface area contributed by atoms with Gasteiger partial charge in [-0.05, 0) is 25.0 Å². The van der Waals surface area contributed by atoms with Gasteiger partial charge in [-0.25, -0.2) is 4.98 Å². The van der Waals surface area contributed by atoms with E-state index in [1.165, 1.54) is 11.3 Å². The summed E-state index contributed by atoms with van der Waals surface area (Å²) in [5.41, 5.74) is 2.16. The smallest absolute Gasteiger partial charge is 0.255 e. The summed E-state index contributed by atoms with van der Waals surface area (Å²) < 4.78 is 5.71. The first kappa shape index (κ1) is 17.4. The SMILES string of the molecule is CCC(O)(CC)CNC(=O)c1ccccc1OCc1cscn1. The van der Waals surface area contributed by atoms with Gasteiger partial charge in [0.15, 0.2) is 0 Å². The van der Waals surface area contributed by atoms with Crippen LogP contribution < -0.4 is 10.1 Å². The molecule has 0 spiro atoms. The van der Waals surface area contributed by atoms with Gasteiger partial charge in [0.2, 0.25) is 0 Å². The van der Waals surface area contributed by atoms with Crippen molar-refractivity contribution in [1.29, 1.82) is 0 Å². The lowest BCUT2D eigenvalue weighted by molar-refractivity contribution is 0.0313. The molecule has 0 aliphatic carbocycles. The maximum atomic E-state index is 12.4. The van der Waals surface area contributed by atoms with Crippen LogP contribution in [-0.4, -0.2) is 28.1 Å². The van der Waals surface area contributed by atoms with Crippen molar-refractivity contribution in [3.8, 4) is 5.75 Å². The lowest BCUT2D eigenvalue weighted by Gasteiger charge is -2.25. The molecule has 0 unspecified atom stereocenters. The number of amides is 1. The molecule has 1 heterocycles. The van der Waals surface area contributed by atoms with Crippen molar-refractivity contribution in [3.05, 3.63) is 46.4 Å². The predicted molar refractivity (Wildman–Crippen MR) is 90.8 cm³/mol. The number of carbonyl (C=O) groups is 1. The predicted octanol–water partition coefficient (Wildman–Crippen LogP) is 3.00. The minimum absolute atomic E-state index is 0.221. The Balaban J connectivity index is 2.02. The Bertz CT molecular complexity index is 625. The quantitative estimate of drug-likeness (QED) is 0.778. The maximum absolute atomic E-state index is 12.4. The van der Waals surface area contributed by atoms with Gasteiger partial charge in [-0.1, -0.05) is 26.0 Å². The average molecular weight is 334 g/mol. The Kier molecular flexibility index (Phi) is 6.12. The highest BCUT2D eigenvalue weighted by Crippen LogP contribution is 2.20. The normalized spacial score (nSPS) is 11.3. The number of benzene rings is 1. The zero-order valence-corrected chi connectivity index (χ0v) is 14.2. The Labute approximate surface area is 140 Å². The maximum Gasteiger partial charge on any atom is 0.255 e.